The lowest BCUT2D eigenvalue weighted by atomic mass is 9.89. The van der Waals surface area contributed by atoms with Crippen LogP contribution in [0.2, 0.25) is 0 Å². The molecule has 3 atom stereocenters. The second-order valence-corrected chi connectivity index (χ2v) is 8.76. The number of hydrogen-bond donors (Lipinski definition) is 1. The molecular weight excluding hydrogens is 457 g/mol. The number of fused-ring (bicyclic) bond motifs is 1. The van der Waals surface area contributed by atoms with Gasteiger partial charge in [0.15, 0.2) is 11.8 Å². The third-order valence-corrected chi connectivity index (χ3v) is 6.13. The number of hydrogen-bond acceptors (Lipinski definition) is 4. The van der Waals surface area contributed by atoms with E-state index in [1.54, 1.807) is 30.3 Å². The fourth-order valence-corrected chi connectivity index (χ4v) is 4.29. The third kappa shape index (κ3) is 5.08. The lowest BCUT2D eigenvalue weighted by Gasteiger charge is -2.25. The Hall–Kier alpha value is -3.62. The normalized spacial score (nSPS) is 17.7. The van der Waals surface area contributed by atoms with Crippen molar-refractivity contribution in [1.82, 2.24) is 20.1 Å². The highest BCUT2D eigenvalue weighted by Crippen LogP contribution is 2.40. The Morgan fingerprint density at radius 3 is 2.60 bits per heavy atom. The number of amides is 1. The highest BCUT2D eigenvalue weighted by Gasteiger charge is 2.37. The molecule has 0 aliphatic heterocycles. The van der Waals surface area contributed by atoms with Gasteiger partial charge in [0, 0.05) is 24.7 Å². The number of carbonyl (C=O) groups excluding carboxylic acids is 1. The van der Waals surface area contributed by atoms with E-state index < -0.39 is 23.8 Å². The Labute approximate surface area is 201 Å². The van der Waals surface area contributed by atoms with E-state index in [9.17, 15) is 18.0 Å². The van der Waals surface area contributed by atoms with Crippen molar-refractivity contribution in [3.63, 3.8) is 0 Å². The molecule has 0 saturated carbocycles. The lowest BCUT2D eigenvalue weighted by molar-refractivity contribution is -0.136. The minimum atomic E-state index is -4.68. The molecule has 184 valence electrons. The molecular formula is C26H27F3N4O2. The maximum Gasteiger partial charge on any atom is 0.417 e. The number of rotatable bonds is 6. The number of allylic oxidation sites excluding steroid dienone is 3. The fourth-order valence-electron chi connectivity index (χ4n) is 4.29. The molecule has 35 heavy (non-hydrogen) atoms. The summed E-state index contributed by atoms with van der Waals surface area (Å²) in [5.74, 6) is -0.449. The standard InChI is InChI=1S/C26H27F3N4O2/c1-15-10-8-9-13-19(15)16(2)30-25(34)17(3)35-21-14-20(26(27,28)29)22-23(18-11-6-5-7-12-18)32-33(4)24(22)31-21/h5-9,11-17H,10H2,1-4H3,(H,30,34). The summed E-state index contributed by atoms with van der Waals surface area (Å²) in [6.07, 6.45) is 1.15. The summed E-state index contributed by atoms with van der Waals surface area (Å²) in [7, 11) is 1.52. The Morgan fingerprint density at radius 2 is 1.94 bits per heavy atom. The van der Waals surface area contributed by atoms with Crippen molar-refractivity contribution in [1.29, 1.82) is 0 Å². The van der Waals surface area contributed by atoms with Crippen molar-refractivity contribution in [2.75, 3.05) is 0 Å². The second-order valence-electron chi connectivity index (χ2n) is 8.76. The molecule has 1 amide bonds. The number of aryl methyl sites for hydroxylation is 1. The summed E-state index contributed by atoms with van der Waals surface area (Å²) < 4.78 is 49.2. The monoisotopic (exact) mass is 484 g/mol. The van der Waals surface area contributed by atoms with Crippen molar-refractivity contribution in [2.45, 2.75) is 45.5 Å². The maximum absolute atomic E-state index is 14.1. The van der Waals surface area contributed by atoms with Crippen LogP contribution < -0.4 is 10.1 Å². The molecule has 1 aliphatic carbocycles. The van der Waals surface area contributed by atoms with Crippen LogP contribution in [0.25, 0.3) is 22.3 Å². The first kappa shape index (κ1) is 24.5. The summed E-state index contributed by atoms with van der Waals surface area (Å²) in [5.41, 5.74) is 0.899. The minimum Gasteiger partial charge on any atom is -0.464 e. The van der Waals surface area contributed by atoms with Crippen molar-refractivity contribution >= 4 is 16.9 Å². The van der Waals surface area contributed by atoms with Crippen molar-refractivity contribution in [3.05, 3.63) is 65.8 Å². The molecule has 3 aromatic rings. The van der Waals surface area contributed by atoms with Crippen molar-refractivity contribution in [3.8, 4) is 17.1 Å². The molecule has 1 aromatic carbocycles. The van der Waals surface area contributed by atoms with E-state index in [1.165, 1.54) is 18.7 Å². The molecule has 4 rings (SSSR count). The van der Waals surface area contributed by atoms with Gasteiger partial charge < -0.3 is 10.1 Å². The van der Waals surface area contributed by atoms with Gasteiger partial charge >= 0.3 is 6.18 Å². The van der Waals surface area contributed by atoms with Gasteiger partial charge in [-0.05, 0) is 31.8 Å². The summed E-state index contributed by atoms with van der Waals surface area (Å²) in [5, 5.41) is 7.07. The number of benzene rings is 1. The zero-order chi connectivity index (χ0) is 25.3. The molecule has 3 unspecified atom stereocenters. The van der Waals surface area contributed by atoms with Gasteiger partial charge in [-0.15, -0.1) is 0 Å². The molecule has 1 aliphatic rings. The van der Waals surface area contributed by atoms with E-state index in [1.807, 2.05) is 19.1 Å². The fraction of sp³-hybridized carbons (Fsp3) is 0.346. The van der Waals surface area contributed by atoms with E-state index in [0.717, 1.165) is 18.1 Å². The third-order valence-electron chi connectivity index (χ3n) is 6.13. The second kappa shape index (κ2) is 9.56. The highest BCUT2D eigenvalue weighted by molar-refractivity contribution is 5.94. The van der Waals surface area contributed by atoms with Crippen molar-refractivity contribution < 1.29 is 22.7 Å². The smallest absolute Gasteiger partial charge is 0.417 e. The first-order chi connectivity index (χ1) is 16.6. The quantitative estimate of drug-likeness (QED) is 0.505. The SMILES string of the molecule is CC1CC=CC=C1C(C)NC(=O)C(C)Oc1cc(C(F)(F)F)c2c(-c3ccccc3)nn(C)c2n1. The van der Waals surface area contributed by atoms with E-state index in [-0.39, 0.29) is 34.6 Å². The topological polar surface area (TPSA) is 69.0 Å². The Bertz CT molecular complexity index is 1300. The zero-order valence-electron chi connectivity index (χ0n) is 19.9. The highest BCUT2D eigenvalue weighted by atomic mass is 19.4. The maximum atomic E-state index is 14.1. The number of ether oxygens (including phenoxy) is 1. The van der Waals surface area contributed by atoms with E-state index >= 15 is 0 Å². The zero-order valence-corrected chi connectivity index (χ0v) is 19.9. The molecule has 6 nitrogen and oxygen atoms in total. The number of aromatic nitrogens is 3. The van der Waals surface area contributed by atoms with E-state index in [2.05, 4.69) is 28.4 Å². The van der Waals surface area contributed by atoms with Crippen LogP contribution in [0.15, 0.2) is 60.2 Å². The molecule has 0 bridgehead atoms. The van der Waals surface area contributed by atoms with Crippen LogP contribution in [0.1, 0.15) is 32.8 Å². The predicted octanol–water partition coefficient (Wildman–Crippen LogP) is 5.45. The Balaban J connectivity index is 1.63. The van der Waals surface area contributed by atoms with Crippen LogP contribution in [0.5, 0.6) is 5.88 Å². The molecule has 0 fully saturated rings. The van der Waals surface area contributed by atoms with Crippen LogP contribution >= 0.6 is 0 Å². The van der Waals surface area contributed by atoms with Gasteiger partial charge in [0.05, 0.1) is 10.9 Å². The average Bonchev–Trinajstić information content (AvgIpc) is 3.15. The van der Waals surface area contributed by atoms with Crippen LogP contribution in [0.3, 0.4) is 0 Å². The Kier molecular flexibility index (Phi) is 6.69. The number of nitrogens with zero attached hydrogens (tertiary/aromatic N) is 3. The van der Waals surface area contributed by atoms with E-state index in [0.29, 0.717) is 5.56 Å². The molecule has 0 saturated heterocycles. The number of halogens is 3. The van der Waals surface area contributed by atoms with Gasteiger partial charge in [0.25, 0.3) is 5.91 Å². The average molecular weight is 485 g/mol. The lowest BCUT2D eigenvalue weighted by Crippen LogP contribution is -2.43. The summed E-state index contributed by atoms with van der Waals surface area (Å²) >= 11 is 0. The van der Waals surface area contributed by atoms with Crippen LogP contribution in [-0.4, -0.2) is 32.8 Å². The number of alkyl halides is 3. The number of nitrogens with one attached hydrogen (secondary N) is 1. The molecule has 0 spiro atoms. The first-order valence-corrected chi connectivity index (χ1v) is 11.4. The van der Waals surface area contributed by atoms with Gasteiger partial charge in [0.1, 0.15) is 5.69 Å². The first-order valence-electron chi connectivity index (χ1n) is 11.4. The van der Waals surface area contributed by atoms with Gasteiger partial charge in [-0.1, -0.05) is 55.5 Å². The van der Waals surface area contributed by atoms with Crippen LogP contribution in [0.4, 0.5) is 13.2 Å². The predicted molar refractivity (Wildman–Crippen MR) is 128 cm³/mol. The summed E-state index contributed by atoms with van der Waals surface area (Å²) in [4.78, 5) is 17.0. The van der Waals surface area contributed by atoms with E-state index in [4.69, 9.17) is 4.74 Å². The molecule has 9 heteroatoms. The molecule has 0 radical (unpaired) electrons. The minimum absolute atomic E-state index is 0.0163. The summed E-state index contributed by atoms with van der Waals surface area (Å²) in [6, 6.07) is 9.22. The van der Waals surface area contributed by atoms with Gasteiger partial charge in [0.2, 0.25) is 5.88 Å². The molecule has 1 N–H and O–H groups in total. The van der Waals surface area contributed by atoms with Crippen LogP contribution in [0, 0.1) is 5.92 Å². The summed E-state index contributed by atoms with van der Waals surface area (Å²) in [6.45, 7) is 5.44. The Morgan fingerprint density at radius 1 is 1.23 bits per heavy atom. The van der Waals surface area contributed by atoms with Crippen molar-refractivity contribution in [2.24, 2.45) is 13.0 Å². The van der Waals surface area contributed by atoms with Gasteiger partial charge in [-0.2, -0.15) is 23.3 Å². The van der Waals surface area contributed by atoms with Gasteiger partial charge in [-0.25, -0.2) is 4.68 Å². The van der Waals surface area contributed by atoms with Crippen LogP contribution in [-0.2, 0) is 18.0 Å². The number of pyridine rings is 1. The largest absolute Gasteiger partial charge is 0.464 e. The number of carbonyl (C=O) groups is 1. The van der Waals surface area contributed by atoms with Gasteiger partial charge in [-0.3, -0.25) is 4.79 Å². The molecule has 2 heterocycles. The molecule has 2 aromatic heterocycles.